The molecule has 0 spiro atoms. The number of nitrogens with zero attached hydrogens (tertiary/aromatic N) is 1. The van der Waals surface area contributed by atoms with Crippen LogP contribution in [0.4, 0.5) is 0 Å². The molecule has 1 N–H and O–H groups in total. The Kier molecular flexibility index (Phi) is 2.88. The van der Waals surface area contributed by atoms with Crippen molar-refractivity contribution in [2.45, 2.75) is 6.92 Å². The molecule has 14 heavy (non-hydrogen) atoms. The van der Waals surface area contributed by atoms with E-state index in [1.165, 1.54) is 11.3 Å². The average molecular weight is 226 g/mol. The number of carbonyl (C=O) groups is 1. The maximum Gasteiger partial charge on any atom is 0.267 e. The van der Waals surface area contributed by atoms with Crippen LogP contribution >= 0.6 is 23.1 Å². The summed E-state index contributed by atoms with van der Waals surface area (Å²) < 4.78 is 0. The number of aliphatic imine (C=N–C) groups is 1. The summed E-state index contributed by atoms with van der Waals surface area (Å²) in [6.45, 7) is 2.80. The van der Waals surface area contributed by atoms with E-state index < -0.39 is 0 Å². The summed E-state index contributed by atoms with van der Waals surface area (Å²) in [5, 5.41) is 3.54. The third-order valence-corrected chi connectivity index (χ3v) is 3.66. The monoisotopic (exact) mass is 226 g/mol. The van der Waals surface area contributed by atoms with E-state index in [0.29, 0.717) is 0 Å². The Labute approximate surface area is 90.6 Å². The molecule has 0 bridgehead atoms. The van der Waals surface area contributed by atoms with Gasteiger partial charge in [-0.15, -0.1) is 11.3 Å². The number of thioether (sulfide) groups is 1. The molecule has 0 saturated heterocycles. The van der Waals surface area contributed by atoms with Crippen molar-refractivity contribution in [3.05, 3.63) is 21.9 Å². The zero-order chi connectivity index (χ0) is 9.97. The van der Waals surface area contributed by atoms with Gasteiger partial charge in [0.1, 0.15) is 0 Å². The Hall–Kier alpha value is -0.810. The quantitative estimate of drug-likeness (QED) is 0.794. The van der Waals surface area contributed by atoms with Crippen molar-refractivity contribution in [3.63, 3.8) is 0 Å². The second-order valence-corrected chi connectivity index (χ2v) is 5.27. The molecule has 0 aliphatic carbocycles. The van der Waals surface area contributed by atoms with Gasteiger partial charge in [0, 0.05) is 10.6 Å². The van der Waals surface area contributed by atoms with Crippen molar-refractivity contribution in [2.75, 3.05) is 12.3 Å². The van der Waals surface area contributed by atoms with Crippen molar-refractivity contribution in [1.29, 1.82) is 0 Å². The van der Waals surface area contributed by atoms with E-state index in [1.54, 1.807) is 11.8 Å². The molecule has 2 rings (SSSR count). The van der Waals surface area contributed by atoms with Gasteiger partial charge in [0.05, 0.1) is 11.4 Å². The number of hydrogen-bond acceptors (Lipinski definition) is 4. The summed E-state index contributed by atoms with van der Waals surface area (Å²) in [5.41, 5.74) is 0. The molecule has 0 fully saturated rings. The normalized spacial score (nSPS) is 15.4. The van der Waals surface area contributed by atoms with Crippen LogP contribution in [0.3, 0.4) is 0 Å². The van der Waals surface area contributed by atoms with Crippen LogP contribution in [0, 0.1) is 6.92 Å². The fraction of sp³-hybridized carbons (Fsp3) is 0.333. The molecule has 5 heteroatoms. The van der Waals surface area contributed by atoms with Crippen LogP contribution in [0.25, 0.3) is 0 Å². The van der Waals surface area contributed by atoms with E-state index in [1.807, 2.05) is 19.1 Å². The molecule has 3 nitrogen and oxygen atoms in total. The van der Waals surface area contributed by atoms with E-state index >= 15 is 0 Å². The van der Waals surface area contributed by atoms with Crippen molar-refractivity contribution < 1.29 is 4.79 Å². The van der Waals surface area contributed by atoms with Crippen LogP contribution < -0.4 is 5.32 Å². The number of hydrogen-bond donors (Lipinski definition) is 1. The highest BCUT2D eigenvalue weighted by atomic mass is 32.2. The SMILES string of the molecule is Cc1ccc(C(=O)NC2=NCCS2)s1. The van der Waals surface area contributed by atoms with Crippen molar-refractivity contribution in [2.24, 2.45) is 4.99 Å². The van der Waals surface area contributed by atoms with Crippen LogP contribution in [0.5, 0.6) is 0 Å². The van der Waals surface area contributed by atoms with Crippen molar-refractivity contribution in [3.8, 4) is 0 Å². The number of aryl methyl sites for hydroxylation is 1. The number of amides is 1. The maximum atomic E-state index is 11.6. The van der Waals surface area contributed by atoms with Gasteiger partial charge < -0.3 is 5.32 Å². The Morgan fingerprint density at radius 1 is 1.57 bits per heavy atom. The fourth-order valence-electron chi connectivity index (χ4n) is 1.13. The first-order valence-corrected chi connectivity index (χ1v) is 6.11. The molecule has 1 aromatic rings. The first-order chi connectivity index (χ1) is 6.75. The second kappa shape index (κ2) is 4.14. The molecule has 0 aromatic carbocycles. The zero-order valence-corrected chi connectivity index (χ0v) is 9.37. The summed E-state index contributed by atoms with van der Waals surface area (Å²) in [6.07, 6.45) is 0. The molecular formula is C9H10N2OS2. The summed E-state index contributed by atoms with van der Waals surface area (Å²) in [5.74, 6) is 0.926. The van der Waals surface area contributed by atoms with Gasteiger partial charge in [0.15, 0.2) is 5.17 Å². The minimum absolute atomic E-state index is 0.0451. The summed E-state index contributed by atoms with van der Waals surface area (Å²) in [4.78, 5) is 17.7. The molecule has 1 amide bonds. The lowest BCUT2D eigenvalue weighted by molar-refractivity contribution is 0.0982. The van der Waals surface area contributed by atoms with Crippen LogP contribution in [0.2, 0.25) is 0 Å². The van der Waals surface area contributed by atoms with E-state index in [2.05, 4.69) is 10.3 Å². The van der Waals surface area contributed by atoms with Crippen LogP contribution in [0.15, 0.2) is 17.1 Å². The number of thiophene rings is 1. The van der Waals surface area contributed by atoms with Gasteiger partial charge in [-0.2, -0.15) is 0 Å². The Balaban J connectivity index is 2.02. The van der Waals surface area contributed by atoms with Gasteiger partial charge in [-0.05, 0) is 19.1 Å². The highest BCUT2D eigenvalue weighted by molar-refractivity contribution is 8.14. The van der Waals surface area contributed by atoms with E-state index in [0.717, 1.165) is 27.2 Å². The highest BCUT2D eigenvalue weighted by Crippen LogP contribution is 2.16. The predicted octanol–water partition coefficient (Wildman–Crippen LogP) is 1.89. The Morgan fingerprint density at radius 3 is 3.00 bits per heavy atom. The van der Waals surface area contributed by atoms with Gasteiger partial charge in [0.2, 0.25) is 0 Å². The van der Waals surface area contributed by atoms with Gasteiger partial charge in [-0.1, -0.05) is 11.8 Å². The Bertz CT molecular complexity index is 384. The molecular weight excluding hydrogens is 216 g/mol. The third-order valence-electron chi connectivity index (χ3n) is 1.77. The largest absolute Gasteiger partial charge is 0.301 e. The lowest BCUT2D eigenvalue weighted by atomic mass is 10.4. The summed E-state index contributed by atoms with van der Waals surface area (Å²) in [7, 11) is 0. The molecule has 1 aliphatic heterocycles. The minimum Gasteiger partial charge on any atom is -0.301 e. The molecule has 2 heterocycles. The number of amidine groups is 1. The first-order valence-electron chi connectivity index (χ1n) is 4.31. The van der Waals surface area contributed by atoms with E-state index in [-0.39, 0.29) is 5.91 Å². The zero-order valence-electron chi connectivity index (χ0n) is 7.74. The predicted molar refractivity (Wildman–Crippen MR) is 61.3 cm³/mol. The standard InChI is InChI=1S/C9H10N2OS2/c1-6-2-3-7(14-6)8(12)11-9-10-4-5-13-9/h2-3H,4-5H2,1H3,(H,10,11,12). The summed E-state index contributed by atoms with van der Waals surface area (Å²) in [6, 6.07) is 3.79. The van der Waals surface area contributed by atoms with Gasteiger partial charge in [-0.25, -0.2) is 0 Å². The fourth-order valence-corrected chi connectivity index (χ4v) is 2.61. The lowest BCUT2D eigenvalue weighted by Gasteiger charge is -2.00. The molecule has 0 saturated carbocycles. The van der Waals surface area contributed by atoms with Gasteiger partial charge in [-0.3, -0.25) is 9.79 Å². The van der Waals surface area contributed by atoms with Crippen LogP contribution in [-0.4, -0.2) is 23.4 Å². The average Bonchev–Trinajstić information content (AvgIpc) is 2.75. The highest BCUT2D eigenvalue weighted by Gasteiger charge is 2.13. The topological polar surface area (TPSA) is 41.5 Å². The van der Waals surface area contributed by atoms with Crippen LogP contribution in [-0.2, 0) is 0 Å². The maximum absolute atomic E-state index is 11.6. The van der Waals surface area contributed by atoms with E-state index in [9.17, 15) is 4.79 Å². The molecule has 74 valence electrons. The molecule has 0 unspecified atom stereocenters. The first kappa shape index (κ1) is 9.73. The van der Waals surface area contributed by atoms with Gasteiger partial charge >= 0.3 is 0 Å². The van der Waals surface area contributed by atoms with Crippen molar-refractivity contribution in [1.82, 2.24) is 5.32 Å². The molecule has 1 aliphatic rings. The minimum atomic E-state index is -0.0451. The third kappa shape index (κ3) is 2.16. The number of carbonyl (C=O) groups excluding carboxylic acids is 1. The second-order valence-electron chi connectivity index (χ2n) is 2.90. The molecule has 1 aromatic heterocycles. The smallest absolute Gasteiger partial charge is 0.267 e. The van der Waals surface area contributed by atoms with Gasteiger partial charge in [0.25, 0.3) is 5.91 Å². The summed E-state index contributed by atoms with van der Waals surface area (Å²) >= 11 is 3.10. The van der Waals surface area contributed by atoms with Crippen LogP contribution in [0.1, 0.15) is 14.5 Å². The lowest BCUT2D eigenvalue weighted by Crippen LogP contribution is -2.26. The number of rotatable bonds is 1. The van der Waals surface area contributed by atoms with Crippen molar-refractivity contribution >= 4 is 34.2 Å². The Morgan fingerprint density at radius 2 is 2.43 bits per heavy atom. The molecule has 0 radical (unpaired) electrons. The molecule has 0 atom stereocenters. The number of nitrogens with one attached hydrogen (secondary N) is 1. The van der Waals surface area contributed by atoms with E-state index in [4.69, 9.17) is 0 Å².